The first kappa shape index (κ1) is 14.0. The lowest BCUT2D eigenvalue weighted by atomic mass is 9.96. The minimum atomic E-state index is 0.886. The van der Waals surface area contributed by atoms with Gasteiger partial charge in [0.1, 0.15) is 0 Å². The van der Waals surface area contributed by atoms with E-state index in [1.165, 1.54) is 42.4 Å². The van der Waals surface area contributed by atoms with Crippen molar-refractivity contribution >= 4 is 15.9 Å². The molecule has 0 aromatic heterocycles. The Morgan fingerprint density at radius 3 is 3.06 bits per heavy atom. The standard InChI is InChI=1S/C15H23BrN2/c16-15-5-1-3-13(11-15)6-9-17-10-7-14-4-2-8-18-12-14/h1,3,5,11,14,17-18H,2,4,6-10,12H2. The van der Waals surface area contributed by atoms with Crippen LogP contribution in [0.3, 0.4) is 0 Å². The highest BCUT2D eigenvalue weighted by Gasteiger charge is 2.11. The molecule has 1 fully saturated rings. The van der Waals surface area contributed by atoms with E-state index < -0.39 is 0 Å². The highest BCUT2D eigenvalue weighted by atomic mass is 79.9. The molecule has 0 spiro atoms. The van der Waals surface area contributed by atoms with Gasteiger partial charge in [-0.2, -0.15) is 0 Å². The number of benzene rings is 1. The van der Waals surface area contributed by atoms with Gasteiger partial charge in [0.2, 0.25) is 0 Å². The summed E-state index contributed by atoms with van der Waals surface area (Å²) in [5.41, 5.74) is 1.40. The Balaban J connectivity index is 1.55. The number of halogens is 1. The van der Waals surface area contributed by atoms with Crippen molar-refractivity contribution in [2.24, 2.45) is 5.92 Å². The first-order valence-electron chi connectivity index (χ1n) is 7.00. The zero-order valence-corrected chi connectivity index (χ0v) is 12.5. The smallest absolute Gasteiger partial charge is 0.0178 e. The fourth-order valence-electron chi connectivity index (χ4n) is 2.53. The van der Waals surface area contributed by atoms with Crippen LogP contribution in [0.1, 0.15) is 24.8 Å². The molecule has 2 N–H and O–H groups in total. The lowest BCUT2D eigenvalue weighted by molar-refractivity contribution is 0.352. The minimum absolute atomic E-state index is 0.886. The zero-order chi connectivity index (χ0) is 12.6. The first-order valence-corrected chi connectivity index (χ1v) is 7.80. The lowest BCUT2D eigenvalue weighted by Gasteiger charge is -2.22. The summed E-state index contributed by atoms with van der Waals surface area (Å²) in [5, 5.41) is 7.03. The summed E-state index contributed by atoms with van der Waals surface area (Å²) in [5.74, 6) is 0.886. The van der Waals surface area contributed by atoms with E-state index >= 15 is 0 Å². The van der Waals surface area contributed by atoms with Crippen LogP contribution in [0.15, 0.2) is 28.7 Å². The van der Waals surface area contributed by atoms with Crippen LogP contribution in [0.5, 0.6) is 0 Å². The molecule has 100 valence electrons. The van der Waals surface area contributed by atoms with E-state index in [4.69, 9.17) is 0 Å². The van der Waals surface area contributed by atoms with Gasteiger partial charge in [-0.3, -0.25) is 0 Å². The molecule has 1 aromatic carbocycles. The molecule has 0 aliphatic carbocycles. The van der Waals surface area contributed by atoms with Gasteiger partial charge in [-0.1, -0.05) is 28.1 Å². The van der Waals surface area contributed by atoms with Crippen molar-refractivity contribution in [3.05, 3.63) is 34.3 Å². The highest BCUT2D eigenvalue weighted by Crippen LogP contribution is 2.13. The van der Waals surface area contributed by atoms with Crippen molar-refractivity contribution in [2.75, 3.05) is 26.2 Å². The molecule has 1 atom stereocenters. The van der Waals surface area contributed by atoms with Gasteiger partial charge in [0.25, 0.3) is 0 Å². The maximum absolute atomic E-state index is 3.56. The van der Waals surface area contributed by atoms with Gasteiger partial charge in [0.15, 0.2) is 0 Å². The minimum Gasteiger partial charge on any atom is -0.316 e. The Morgan fingerprint density at radius 2 is 2.28 bits per heavy atom. The average molecular weight is 311 g/mol. The summed E-state index contributed by atoms with van der Waals surface area (Å²) in [6.45, 7) is 4.66. The Morgan fingerprint density at radius 1 is 1.33 bits per heavy atom. The number of rotatable bonds is 6. The highest BCUT2D eigenvalue weighted by molar-refractivity contribution is 9.10. The second-order valence-corrected chi connectivity index (χ2v) is 6.05. The molecule has 0 amide bonds. The van der Waals surface area contributed by atoms with Crippen molar-refractivity contribution < 1.29 is 0 Å². The van der Waals surface area contributed by atoms with Gasteiger partial charge < -0.3 is 10.6 Å². The van der Waals surface area contributed by atoms with Crippen LogP contribution >= 0.6 is 15.9 Å². The molecule has 2 nitrogen and oxygen atoms in total. The molecule has 18 heavy (non-hydrogen) atoms. The van der Waals surface area contributed by atoms with Crippen molar-refractivity contribution in [1.82, 2.24) is 10.6 Å². The van der Waals surface area contributed by atoms with Crippen LogP contribution in [-0.2, 0) is 6.42 Å². The Labute approximate surface area is 119 Å². The maximum Gasteiger partial charge on any atom is 0.0178 e. The van der Waals surface area contributed by atoms with Gasteiger partial charge in [-0.05, 0) is 75.5 Å². The van der Waals surface area contributed by atoms with Crippen LogP contribution < -0.4 is 10.6 Å². The molecule has 0 saturated carbocycles. The van der Waals surface area contributed by atoms with E-state index in [1.807, 2.05) is 0 Å². The van der Waals surface area contributed by atoms with E-state index in [2.05, 4.69) is 50.8 Å². The van der Waals surface area contributed by atoms with E-state index in [9.17, 15) is 0 Å². The number of hydrogen-bond donors (Lipinski definition) is 2. The molecule has 2 rings (SSSR count). The molecule has 1 heterocycles. The quantitative estimate of drug-likeness (QED) is 0.789. The average Bonchev–Trinajstić information content (AvgIpc) is 2.40. The molecule has 1 saturated heterocycles. The maximum atomic E-state index is 3.56. The van der Waals surface area contributed by atoms with Gasteiger partial charge in [0, 0.05) is 4.47 Å². The van der Waals surface area contributed by atoms with E-state index in [0.717, 1.165) is 25.4 Å². The molecule has 1 aliphatic heterocycles. The largest absolute Gasteiger partial charge is 0.316 e. The third-order valence-corrected chi connectivity index (χ3v) is 4.10. The number of piperidine rings is 1. The molecular weight excluding hydrogens is 288 g/mol. The summed E-state index contributed by atoms with van der Waals surface area (Å²) in [6.07, 6.45) is 5.18. The molecule has 1 unspecified atom stereocenters. The van der Waals surface area contributed by atoms with Gasteiger partial charge >= 0.3 is 0 Å². The fourth-order valence-corrected chi connectivity index (χ4v) is 2.97. The second-order valence-electron chi connectivity index (χ2n) is 5.13. The lowest BCUT2D eigenvalue weighted by Crippen LogP contribution is -2.32. The van der Waals surface area contributed by atoms with E-state index in [-0.39, 0.29) is 0 Å². The Bertz CT molecular complexity index is 348. The van der Waals surface area contributed by atoms with Crippen LogP contribution in [0, 0.1) is 5.92 Å². The van der Waals surface area contributed by atoms with Gasteiger partial charge in [0.05, 0.1) is 0 Å². The van der Waals surface area contributed by atoms with Crippen LogP contribution in [-0.4, -0.2) is 26.2 Å². The zero-order valence-electron chi connectivity index (χ0n) is 10.9. The second kappa shape index (κ2) is 7.93. The predicted octanol–water partition coefficient (Wildman–Crippen LogP) is 2.97. The number of hydrogen-bond acceptors (Lipinski definition) is 2. The monoisotopic (exact) mass is 310 g/mol. The molecule has 0 radical (unpaired) electrons. The summed E-state index contributed by atoms with van der Waals surface area (Å²) >= 11 is 3.51. The van der Waals surface area contributed by atoms with Crippen LogP contribution in [0.2, 0.25) is 0 Å². The molecule has 0 bridgehead atoms. The number of nitrogens with one attached hydrogen (secondary N) is 2. The molecule has 3 heteroatoms. The molecule has 1 aliphatic rings. The van der Waals surface area contributed by atoms with Crippen LogP contribution in [0.4, 0.5) is 0 Å². The summed E-state index contributed by atoms with van der Waals surface area (Å²) in [4.78, 5) is 0. The predicted molar refractivity (Wildman–Crippen MR) is 80.9 cm³/mol. The van der Waals surface area contributed by atoms with Gasteiger partial charge in [-0.25, -0.2) is 0 Å². The van der Waals surface area contributed by atoms with Gasteiger partial charge in [-0.15, -0.1) is 0 Å². The summed E-state index contributed by atoms with van der Waals surface area (Å²) in [7, 11) is 0. The van der Waals surface area contributed by atoms with Crippen molar-refractivity contribution in [1.29, 1.82) is 0 Å². The molecule has 1 aromatic rings. The van der Waals surface area contributed by atoms with Crippen molar-refractivity contribution in [3.63, 3.8) is 0 Å². The normalized spacial score (nSPS) is 19.9. The van der Waals surface area contributed by atoms with Crippen molar-refractivity contribution in [3.8, 4) is 0 Å². The van der Waals surface area contributed by atoms with Crippen LogP contribution in [0.25, 0.3) is 0 Å². The molecular formula is C15H23BrN2. The summed E-state index contributed by atoms with van der Waals surface area (Å²) < 4.78 is 1.17. The Hall–Kier alpha value is -0.380. The van der Waals surface area contributed by atoms with Crippen molar-refractivity contribution in [2.45, 2.75) is 25.7 Å². The third-order valence-electron chi connectivity index (χ3n) is 3.61. The van der Waals surface area contributed by atoms with E-state index in [0.29, 0.717) is 0 Å². The van der Waals surface area contributed by atoms with E-state index in [1.54, 1.807) is 0 Å². The topological polar surface area (TPSA) is 24.1 Å². The fraction of sp³-hybridized carbons (Fsp3) is 0.600. The summed E-state index contributed by atoms with van der Waals surface area (Å²) in [6, 6.07) is 8.57. The first-order chi connectivity index (χ1) is 8.84. The third kappa shape index (κ3) is 5.09. The SMILES string of the molecule is Brc1cccc(CCNCCC2CCCNC2)c1. The Kier molecular flexibility index (Phi) is 6.18.